The van der Waals surface area contributed by atoms with Crippen LogP contribution in [-0.2, 0) is 0 Å². The van der Waals surface area contributed by atoms with Crippen LogP contribution in [-0.4, -0.2) is 61.3 Å². The summed E-state index contributed by atoms with van der Waals surface area (Å²) in [6, 6.07) is 0.403. The molecular weight excluding hydrogens is 176 g/mol. The highest BCUT2D eigenvalue weighted by atomic mass is 15.4. The van der Waals surface area contributed by atoms with Gasteiger partial charge in [-0.15, -0.1) is 0 Å². The summed E-state index contributed by atoms with van der Waals surface area (Å²) in [6.07, 6.45) is 1.74. The highest BCUT2D eigenvalue weighted by molar-refractivity contribution is 4.83. The maximum atomic E-state index is 5.92. The highest BCUT2D eigenvalue weighted by Crippen LogP contribution is 2.14. The minimum Gasteiger partial charge on any atom is -0.326 e. The SMILES string of the molecule is CC(N1CCNCC1)N1CCC(N)C1. The van der Waals surface area contributed by atoms with Crippen LogP contribution in [0, 0.1) is 0 Å². The van der Waals surface area contributed by atoms with Crippen molar-refractivity contribution in [3.8, 4) is 0 Å². The van der Waals surface area contributed by atoms with Crippen molar-refractivity contribution in [3.63, 3.8) is 0 Å². The van der Waals surface area contributed by atoms with E-state index in [0.717, 1.165) is 26.1 Å². The van der Waals surface area contributed by atoms with Crippen LogP contribution in [0.2, 0.25) is 0 Å². The van der Waals surface area contributed by atoms with Crippen molar-refractivity contribution in [2.24, 2.45) is 5.73 Å². The van der Waals surface area contributed by atoms with Gasteiger partial charge >= 0.3 is 0 Å². The minimum atomic E-state index is 0.403. The van der Waals surface area contributed by atoms with E-state index in [4.69, 9.17) is 5.73 Å². The molecule has 2 aliphatic heterocycles. The molecule has 0 aromatic carbocycles. The lowest BCUT2D eigenvalue weighted by Gasteiger charge is -2.37. The van der Waals surface area contributed by atoms with Crippen LogP contribution in [0.4, 0.5) is 0 Å². The highest BCUT2D eigenvalue weighted by Gasteiger charge is 2.27. The van der Waals surface area contributed by atoms with Gasteiger partial charge in [-0.2, -0.15) is 0 Å². The third-order valence-electron chi connectivity index (χ3n) is 3.46. The van der Waals surface area contributed by atoms with Gasteiger partial charge < -0.3 is 11.1 Å². The molecule has 2 unspecified atom stereocenters. The van der Waals surface area contributed by atoms with E-state index in [-0.39, 0.29) is 0 Å². The molecule has 2 saturated heterocycles. The van der Waals surface area contributed by atoms with E-state index in [0.29, 0.717) is 12.2 Å². The second-order valence-electron chi connectivity index (χ2n) is 4.46. The number of nitrogens with zero attached hydrogens (tertiary/aromatic N) is 2. The van der Waals surface area contributed by atoms with Gasteiger partial charge in [-0.1, -0.05) is 0 Å². The summed E-state index contributed by atoms with van der Waals surface area (Å²) >= 11 is 0. The van der Waals surface area contributed by atoms with Crippen molar-refractivity contribution in [2.45, 2.75) is 25.6 Å². The summed E-state index contributed by atoms with van der Waals surface area (Å²) in [5.41, 5.74) is 5.92. The number of rotatable bonds is 2. The molecule has 0 aromatic rings. The number of hydrogen-bond donors (Lipinski definition) is 2. The molecule has 0 bridgehead atoms. The molecule has 82 valence electrons. The first-order valence-electron chi connectivity index (χ1n) is 5.72. The molecule has 0 amide bonds. The Morgan fingerprint density at radius 2 is 1.93 bits per heavy atom. The van der Waals surface area contributed by atoms with Gasteiger partial charge in [0.05, 0.1) is 6.17 Å². The van der Waals surface area contributed by atoms with Crippen LogP contribution in [0.25, 0.3) is 0 Å². The number of piperazine rings is 1. The zero-order chi connectivity index (χ0) is 9.97. The Balaban J connectivity index is 1.84. The standard InChI is InChI=1S/C10H22N4/c1-9(13-6-3-12-4-7-13)14-5-2-10(11)8-14/h9-10,12H,2-8,11H2,1H3. The largest absolute Gasteiger partial charge is 0.326 e. The number of nitrogens with two attached hydrogens (primary N) is 1. The fraction of sp³-hybridized carbons (Fsp3) is 1.00. The van der Waals surface area contributed by atoms with Gasteiger partial charge in [0.1, 0.15) is 0 Å². The first kappa shape index (κ1) is 10.4. The third-order valence-corrected chi connectivity index (χ3v) is 3.46. The summed E-state index contributed by atoms with van der Waals surface area (Å²) < 4.78 is 0. The number of likely N-dealkylation sites (tertiary alicyclic amines) is 1. The van der Waals surface area contributed by atoms with Crippen molar-refractivity contribution in [3.05, 3.63) is 0 Å². The Morgan fingerprint density at radius 1 is 1.21 bits per heavy atom. The monoisotopic (exact) mass is 198 g/mol. The Labute approximate surface area is 86.4 Å². The molecule has 0 saturated carbocycles. The van der Waals surface area contributed by atoms with Crippen LogP contribution in [0.3, 0.4) is 0 Å². The lowest BCUT2D eigenvalue weighted by Crippen LogP contribution is -2.53. The smallest absolute Gasteiger partial charge is 0.0594 e. The lowest BCUT2D eigenvalue weighted by molar-refractivity contribution is 0.0621. The van der Waals surface area contributed by atoms with Crippen LogP contribution in [0.1, 0.15) is 13.3 Å². The van der Waals surface area contributed by atoms with Gasteiger partial charge in [0.25, 0.3) is 0 Å². The summed E-state index contributed by atoms with van der Waals surface area (Å²) in [5.74, 6) is 0. The molecule has 0 spiro atoms. The Hall–Kier alpha value is -0.160. The van der Waals surface area contributed by atoms with E-state index >= 15 is 0 Å². The average molecular weight is 198 g/mol. The van der Waals surface area contributed by atoms with E-state index in [1.54, 1.807) is 0 Å². The molecule has 2 heterocycles. The number of nitrogens with one attached hydrogen (secondary N) is 1. The predicted octanol–water partition coefficient (Wildman–Crippen LogP) is -0.729. The summed E-state index contributed by atoms with van der Waals surface area (Å²) in [7, 11) is 0. The maximum absolute atomic E-state index is 5.92. The zero-order valence-corrected chi connectivity index (χ0v) is 9.08. The van der Waals surface area contributed by atoms with Gasteiger partial charge in [-0.25, -0.2) is 0 Å². The second kappa shape index (κ2) is 4.57. The molecule has 2 fully saturated rings. The first-order valence-corrected chi connectivity index (χ1v) is 5.72. The zero-order valence-electron chi connectivity index (χ0n) is 9.08. The minimum absolute atomic E-state index is 0.403. The van der Waals surface area contributed by atoms with Crippen molar-refractivity contribution in [1.82, 2.24) is 15.1 Å². The van der Waals surface area contributed by atoms with E-state index in [1.807, 2.05) is 0 Å². The predicted molar refractivity (Wildman–Crippen MR) is 58.1 cm³/mol. The molecule has 14 heavy (non-hydrogen) atoms. The summed E-state index contributed by atoms with van der Waals surface area (Å²) in [5, 5.41) is 3.38. The normalized spacial score (nSPS) is 33.4. The second-order valence-corrected chi connectivity index (χ2v) is 4.46. The van der Waals surface area contributed by atoms with E-state index in [9.17, 15) is 0 Å². The quantitative estimate of drug-likeness (QED) is 0.614. The molecule has 4 heteroatoms. The molecule has 3 N–H and O–H groups in total. The van der Waals surface area contributed by atoms with E-state index in [1.165, 1.54) is 19.6 Å². The van der Waals surface area contributed by atoms with Crippen LogP contribution in [0.15, 0.2) is 0 Å². The van der Waals surface area contributed by atoms with Gasteiger partial charge in [-0.05, 0) is 13.3 Å². The maximum Gasteiger partial charge on any atom is 0.0594 e. The van der Waals surface area contributed by atoms with Crippen molar-refractivity contribution in [2.75, 3.05) is 39.3 Å². The molecule has 4 nitrogen and oxygen atoms in total. The molecule has 2 aliphatic rings. The van der Waals surface area contributed by atoms with E-state index in [2.05, 4.69) is 22.0 Å². The molecule has 0 aromatic heterocycles. The van der Waals surface area contributed by atoms with Crippen molar-refractivity contribution in [1.29, 1.82) is 0 Å². The van der Waals surface area contributed by atoms with E-state index < -0.39 is 0 Å². The molecular formula is C10H22N4. The number of hydrogen-bond acceptors (Lipinski definition) is 4. The van der Waals surface area contributed by atoms with Gasteiger partial charge in [0.15, 0.2) is 0 Å². The Bertz CT molecular complexity index is 174. The van der Waals surface area contributed by atoms with Crippen LogP contribution < -0.4 is 11.1 Å². The topological polar surface area (TPSA) is 44.5 Å². The fourth-order valence-electron chi connectivity index (χ4n) is 2.44. The molecule has 0 radical (unpaired) electrons. The van der Waals surface area contributed by atoms with Crippen molar-refractivity contribution >= 4 is 0 Å². The Kier molecular flexibility index (Phi) is 3.38. The van der Waals surface area contributed by atoms with Crippen LogP contribution >= 0.6 is 0 Å². The first-order chi connectivity index (χ1) is 6.77. The molecule has 2 atom stereocenters. The summed E-state index contributed by atoms with van der Waals surface area (Å²) in [6.45, 7) is 9.16. The van der Waals surface area contributed by atoms with Gasteiger partial charge in [0.2, 0.25) is 0 Å². The lowest BCUT2D eigenvalue weighted by atomic mass is 10.3. The average Bonchev–Trinajstić information content (AvgIpc) is 2.65. The molecule has 2 rings (SSSR count). The van der Waals surface area contributed by atoms with Crippen LogP contribution in [0.5, 0.6) is 0 Å². The fourth-order valence-corrected chi connectivity index (χ4v) is 2.44. The Morgan fingerprint density at radius 3 is 2.50 bits per heavy atom. The van der Waals surface area contributed by atoms with Gasteiger partial charge in [0, 0.05) is 45.3 Å². The molecule has 0 aliphatic carbocycles. The summed E-state index contributed by atoms with van der Waals surface area (Å²) in [4.78, 5) is 5.06. The van der Waals surface area contributed by atoms with Gasteiger partial charge in [-0.3, -0.25) is 9.80 Å². The van der Waals surface area contributed by atoms with Crippen molar-refractivity contribution < 1.29 is 0 Å². The third kappa shape index (κ3) is 2.25.